The molecule has 33 heavy (non-hydrogen) atoms. The fourth-order valence-electron chi connectivity index (χ4n) is 4.39. The molecule has 1 N–H and O–H groups in total. The zero-order valence-corrected chi connectivity index (χ0v) is 18.9. The van der Waals surface area contributed by atoms with Gasteiger partial charge in [-0.25, -0.2) is 4.90 Å². The number of rotatable bonds is 5. The highest BCUT2D eigenvalue weighted by molar-refractivity contribution is 6.43. The van der Waals surface area contributed by atoms with Crippen LogP contribution in [0.25, 0.3) is 11.3 Å². The second-order valence-electron chi connectivity index (χ2n) is 8.56. The van der Waals surface area contributed by atoms with Gasteiger partial charge in [0.05, 0.1) is 17.0 Å². The number of imide groups is 1. The van der Waals surface area contributed by atoms with Gasteiger partial charge in [-0.1, -0.05) is 12.1 Å². The molecule has 0 unspecified atom stereocenters. The highest BCUT2D eigenvalue weighted by Crippen LogP contribution is 2.41. The van der Waals surface area contributed by atoms with E-state index in [1.165, 1.54) is 13.8 Å². The van der Waals surface area contributed by atoms with Crippen molar-refractivity contribution in [2.45, 2.75) is 32.7 Å². The summed E-state index contributed by atoms with van der Waals surface area (Å²) in [5.41, 5.74) is 3.37. The first-order chi connectivity index (χ1) is 15.8. The Bertz CT molecular complexity index is 1160. The number of hydrogen-bond acceptors (Lipinski definition) is 7. The molecule has 1 saturated heterocycles. The minimum atomic E-state index is -0.439. The molecule has 0 aliphatic carbocycles. The quantitative estimate of drug-likeness (QED) is 0.427. The summed E-state index contributed by atoms with van der Waals surface area (Å²) in [5.74, 6) is -0.964. The number of Topliss-reactive ketones (excluding diaryl/α,β-unsaturated/α-hetero) is 1. The van der Waals surface area contributed by atoms with Crippen LogP contribution in [0, 0.1) is 4.91 Å². The van der Waals surface area contributed by atoms with Crippen LogP contribution in [0.1, 0.15) is 48.2 Å². The number of nitrogens with one attached hydrogen (secondary N) is 1. The van der Waals surface area contributed by atoms with E-state index in [1.807, 2.05) is 0 Å². The highest BCUT2D eigenvalue weighted by atomic mass is 16.3. The molecular weight excluding hydrogens is 420 g/mol. The summed E-state index contributed by atoms with van der Waals surface area (Å²) in [6.07, 6.45) is 1.79. The number of hydrogen-bond donors (Lipinski definition) is 1. The lowest BCUT2D eigenvalue weighted by Gasteiger charge is -2.31. The summed E-state index contributed by atoms with van der Waals surface area (Å²) in [6.45, 7) is 4.66. The zero-order valence-electron chi connectivity index (χ0n) is 18.9. The molecule has 2 aliphatic heterocycles. The molecule has 4 rings (SSSR count). The van der Waals surface area contributed by atoms with Crippen LogP contribution in [-0.4, -0.2) is 48.7 Å². The summed E-state index contributed by atoms with van der Waals surface area (Å²) in [6, 6.07) is 11.7. The number of carbonyl (C=O) groups excluding carboxylic acids is 3. The van der Waals surface area contributed by atoms with Crippen LogP contribution < -0.4 is 10.2 Å². The predicted molar refractivity (Wildman–Crippen MR) is 127 cm³/mol. The average molecular weight is 447 g/mol. The molecule has 2 aromatic carbocycles. The number of likely N-dealkylation sites (tertiary alicyclic amines) is 1. The predicted octanol–water partition coefficient (Wildman–Crippen LogP) is 3.73. The maximum absolute atomic E-state index is 13.6. The second kappa shape index (κ2) is 9.07. The molecule has 0 radical (unpaired) electrons. The van der Waals surface area contributed by atoms with E-state index in [1.54, 1.807) is 42.5 Å². The normalized spacial score (nSPS) is 18.2. The Labute approximate surface area is 192 Å². The molecule has 2 aliphatic rings. The number of benzene rings is 2. The monoisotopic (exact) mass is 446 g/mol. The van der Waals surface area contributed by atoms with Gasteiger partial charge in [-0.15, -0.1) is 4.91 Å². The number of nitrogens with zero attached hydrogens (tertiary/aromatic N) is 3. The molecule has 0 saturated carbocycles. The van der Waals surface area contributed by atoms with Crippen LogP contribution >= 0.6 is 0 Å². The van der Waals surface area contributed by atoms with Crippen LogP contribution in [0.3, 0.4) is 0 Å². The summed E-state index contributed by atoms with van der Waals surface area (Å²) in [5, 5.41) is 6.51. The Hall–Kier alpha value is -3.65. The number of anilines is 1. The van der Waals surface area contributed by atoms with E-state index < -0.39 is 11.8 Å². The second-order valence-corrected chi connectivity index (χ2v) is 8.56. The summed E-state index contributed by atoms with van der Waals surface area (Å²) >= 11 is 0. The number of amides is 2. The van der Waals surface area contributed by atoms with Gasteiger partial charge in [0.1, 0.15) is 5.69 Å². The van der Waals surface area contributed by atoms with E-state index in [9.17, 15) is 19.3 Å². The van der Waals surface area contributed by atoms with E-state index >= 15 is 0 Å². The molecule has 8 nitrogen and oxygen atoms in total. The first-order valence-electron chi connectivity index (χ1n) is 10.9. The molecule has 0 atom stereocenters. The largest absolute Gasteiger partial charge is 0.381 e. The van der Waals surface area contributed by atoms with Crippen molar-refractivity contribution in [2.24, 2.45) is 5.18 Å². The Balaban J connectivity index is 1.91. The fourth-order valence-corrected chi connectivity index (χ4v) is 4.39. The van der Waals surface area contributed by atoms with Crippen molar-refractivity contribution in [1.82, 2.24) is 10.2 Å². The lowest BCUT2D eigenvalue weighted by molar-refractivity contribution is -0.122. The first-order valence-corrected chi connectivity index (χ1v) is 10.9. The molecular formula is C25H26N4O4. The zero-order chi connectivity index (χ0) is 23.7. The van der Waals surface area contributed by atoms with Gasteiger partial charge in [-0.3, -0.25) is 14.4 Å². The van der Waals surface area contributed by atoms with Gasteiger partial charge < -0.3 is 10.2 Å². The van der Waals surface area contributed by atoms with E-state index in [2.05, 4.69) is 22.4 Å². The Kier molecular flexibility index (Phi) is 6.20. The average Bonchev–Trinajstić information content (AvgIpc) is 3.10. The van der Waals surface area contributed by atoms with Gasteiger partial charge in [-0.05, 0) is 81.0 Å². The van der Waals surface area contributed by atoms with Gasteiger partial charge in [-0.2, -0.15) is 0 Å². The van der Waals surface area contributed by atoms with Gasteiger partial charge in [0.2, 0.25) is 5.91 Å². The van der Waals surface area contributed by atoms with E-state index in [4.69, 9.17) is 0 Å². The van der Waals surface area contributed by atoms with Crippen molar-refractivity contribution in [3.05, 3.63) is 64.1 Å². The molecule has 8 heteroatoms. The van der Waals surface area contributed by atoms with Crippen molar-refractivity contribution in [1.29, 1.82) is 0 Å². The summed E-state index contributed by atoms with van der Waals surface area (Å²) in [4.78, 5) is 52.3. The van der Waals surface area contributed by atoms with Crippen molar-refractivity contribution in [3.63, 3.8) is 0 Å². The number of ketones is 1. The van der Waals surface area contributed by atoms with Crippen molar-refractivity contribution in [3.8, 4) is 0 Å². The number of piperidine rings is 1. The van der Waals surface area contributed by atoms with Gasteiger partial charge in [0, 0.05) is 24.1 Å². The molecule has 170 valence electrons. The minimum absolute atomic E-state index is 0.128. The first kappa shape index (κ1) is 22.5. The number of nitroso groups, excluding NO2 is 1. The lowest BCUT2D eigenvalue weighted by Crippen LogP contribution is -2.40. The number of fused-ring (bicyclic) bond motifs is 1. The SMILES string of the molecule is CC(=O)c1ccc2c(c1)/C(=C(/NC1CCN(C)CC1)c1ccc(N=O)cc1)C(=O)N2C(C)=O. The van der Waals surface area contributed by atoms with Crippen LogP contribution in [0.2, 0.25) is 0 Å². The molecule has 0 aromatic heterocycles. The molecule has 2 amide bonds. The third kappa shape index (κ3) is 4.34. The Morgan fingerprint density at radius 2 is 1.64 bits per heavy atom. The topological polar surface area (TPSA) is 99.2 Å². The van der Waals surface area contributed by atoms with Gasteiger partial charge >= 0.3 is 0 Å². The van der Waals surface area contributed by atoms with E-state index in [0.717, 1.165) is 30.8 Å². The highest BCUT2D eigenvalue weighted by Gasteiger charge is 2.38. The summed E-state index contributed by atoms with van der Waals surface area (Å²) < 4.78 is 0. The van der Waals surface area contributed by atoms with Crippen molar-refractivity contribution < 1.29 is 14.4 Å². The molecule has 1 fully saturated rings. The fraction of sp³-hybridized carbons (Fsp3) is 0.320. The molecule has 2 aromatic rings. The van der Waals surface area contributed by atoms with Crippen LogP contribution in [0.15, 0.2) is 47.6 Å². The minimum Gasteiger partial charge on any atom is -0.381 e. The lowest BCUT2D eigenvalue weighted by atomic mass is 9.96. The third-order valence-electron chi connectivity index (χ3n) is 6.22. The maximum Gasteiger partial charge on any atom is 0.267 e. The smallest absolute Gasteiger partial charge is 0.267 e. The van der Waals surface area contributed by atoms with Crippen LogP contribution in [-0.2, 0) is 9.59 Å². The van der Waals surface area contributed by atoms with Crippen molar-refractivity contribution >= 4 is 40.2 Å². The molecule has 0 spiro atoms. The maximum atomic E-state index is 13.6. The summed E-state index contributed by atoms with van der Waals surface area (Å²) in [7, 11) is 2.07. The molecule has 2 heterocycles. The van der Waals surface area contributed by atoms with Gasteiger partial charge in [0.25, 0.3) is 5.91 Å². The Morgan fingerprint density at radius 1 is 1.00 bits per heavy atom. The van der Waals surface area contributed by atoms with Crippen LogP contribution in [0.4, 0.5) is 11.4 Å². The van der Waals surface area contributed by atoms with E-state index in [0.29, 0.717) is 33.6 Å². The third-order valence-corrected chi connectivity index (χ3v) is 6.22. The van der Waals surface area contributed by atoms with E-state index in [-0.39, 0.29) is 17.5 Å². The van der Waals surface area contributed by atoms with Crippen LogP contribution in [0.5, 0.6) is 0 Å². The van der Waals surface area contributed by atoms with Gasteiger partial charge in [0.15, 0.2) is 5.78 Å². The Morgan fingerprint density at radius 3 is 2.21 bits per heavy atom. The molecule has 0 bridgehead atoms. The standard InChI is InChI=1S/C25H26N4O4/c1-15(30)18-6-9-22-21(14-18)23(25(32)29(22)16(2)31)24(17-4-7-20(27-33)8-5-17)26-19-10-12-28(3)13-11-19/h4-9,14,19,26H,10-13H2,1-3H3/b24-23-. The van der Waals surface area contributed by atoms with Crippen molar-refractivity contribution in [2.75, 3.05) is 25.0 Å². The number of carbonyl (C=O) groups is 3.